The molecule has 1 unspecified atom stereocenters. The monoisotopic (exact) mass is 285 g/mol. The third-order valence-electron chi connectivity index (χ3n) is 3.18. The van der Waals surface area contributed by atoms with Crippen molar-refractivity contribution in [1.29, 1.82) is 0 Å². The van der Waals surface area contributed by atoms with E-state index in [0.29, 0.717) is 0 Å². The summed E-state index contributed by atoms with van der Waals surface area (Å²) in [4.78, 5) is 1.32. The van der Waals surface area contributed by atoms with E-state index in [9.17, 15) is 0 Å². The lowest BCUT2D eigenvalue weighted by Gasteiger charge is -2.16. The van der Waals surface area contributed by atoms with Gasteiger partial charge in [0.25, 0.3) is 0 Å². The second-order valence-corrected chi connectivity index (χ2v) is 5.61. The first-order chi connectivity index (χ1) is 9.74. The van der Waals surface area contributed by atoms with Gasteiger partial charge in [-0.25, -0.2) is 4.68 Å². The summed E-state index contributed by atoms with van der Waals surface area (Å²) in [7, 11) is 0. The minimum absolute atomic E-state index is 0.276. The Bertz CT molecular complexity index is 676. The predicted molar refractivity (Wildman–Crippen MR) is 80.2 cm³/mol. The number of nitrogens with zero attached hydrogens (tertiary/aromatic N) is 4. The van der Waals surface area contributed by atoms with Gasteiger partial charge in [0.1, 0.15) is 6.33 Å². The van der Waals surface area contributed by atoms with Crippen molar-refractivity contribution in [3.63, 3.8) is 0 Å². The lowest BCUT2D eigenvalue weighted by atomic mass is 10.1. The highest BCUT2D eigenvalue weighted by Gasteiger charge is 2.09. The van der Waals surface area contributed by atoms with Gasteiger partial charge in [-0.05, 0) is 53.4 Å². The molecule has 5 nitrogen and oxygen atoms in total. The normalized spacial score (nSPS) is 12.3. The quantitative estimate of drug-likeness (QED) is 0.799. The molecule has 0 amide bonds. The van der Waals surface area contributed by atoms with Crippen molar-refractivity contribution in [1.82, 2.24) is 20.2 Å². The largest absolute Gasteiger partial charge is 0.377 e. The molecule has 0 fully saturated rings. The van der Waals surface area contributed by atoms with Crippen LogP contribution in [-0.4, -0.2) is 20.2 Å². The van der Waals surface area contributed by atoms with Gasteiger partial charge in [-0.1, -0.05) is 12.1 Å². The number of rotatable bonds is 4. The fourth-order valence-corrected chi connectivity index (χ4v) is 2.76. The van der Waals surface area contributed by atoms with E-state index >= 15 is 0 Å². The summed E-state index contributed by atoms with van der Waals surface area (Å²) >= 11 is 1.76. The highest BCUT2D eigenvalue weighted by atomic mass is 32.1. The number of hydrogen-bond donors (Lipinski definition) is 1. The Hall–Kier alpha value is -2.21. The molecule has 102 valence electrons. The summed E-state index contributed by atoms with van der Waals surface area (Å²) in [5.74, 6) is 0. The van der Waals surface area contributed by atoms with Gasteiger partial charge in [0.15, 0.2) is 0 Å². The van der Waals surface area contributed by atoms with Crippen LogP contribution in [0.25, 0.3) is 5.69 Å². The molecular weight excluding hydrogens is 270 g/mol. The van der Waals surface area contributed by atoms with Crippen molar-refractivity contribution in [2.24, 2.45) is 0 Å². The molecule has 0 saturated heterocycles. The molecule has 0 spiro atoms. The lowest BCUT2D eigenvalue weighted by Crippen LogP contribution is -2.07. The molecule has 1 N–H and O–H groups in total. The molecule has 1 aromatic carbocycles. The third-order valence-corrected chi connectivity index (χ3v) is 4.23. The molecule has 2 heterocycles. The second-order valence-electron chi connectivity index (χ2n) is 4.64. The standard InChI is InChI=1S/C14H15N5S/c1-10-5-6-12(19-9-15-17-18-19)8-13(10)16-11(2)14-4-3-7-20-14/h3-9,11,16H,1-2H3. The van der Waals surface area contributed by atoms with Crippen LogP contribution < -0.4 is 5.32 Å². The van der Waals surface area contributed by atoms with Gasteiger partial charge in [0.05, 0.1) is 11.7 Å². The first kappa shape index (κ1) is 12.8. The second kappa shape index (κ2) is 5.42. The lowest BCUT2D eigenvalue weighted by molar-refractivity contribution is 0.788. The summed E-state index contributed by atoms with van der Waals surface area (Å²) in [5.41, 5.74) is 3.24. The highest BCUT2D eigenvalue weighted by Crippen LogP contribution is 2.26. The van der Waals surface area contributed by atoms with Crippen LogP contribution in [0.15, 0.2) is 42.0 Å². The van der Waals surface area contributed by atoms with E-state index in [-0.39, 0.29) is 6.04 Å². The number of nitrogens with one attached hydrogen (secondary N) is 1. The Morgan fingerprint density at radius 1 is 1.30 bits per heavy atom. The van der Waals surface area contributed by atoms with Crippen molar-refractivity contribution in [3.8, 4) is 5.69 Å². The van der Waals surface area contributed by atoms with Crippen LogP contribution in [0.4, 0.5) is 5.69 Å². The average molecular weight is 285 g/mol. The predicted octanol–water partition coefficient (Wildman–Crippen LogP) is 3.21. The molecule has 20 heavy (non-hydrogen) atoms. The van der Waals surface area contributed by atoms with E-state index in [1.165, 1.54) is 10.4 Å². The molecule has 0 aliphatic rings. The fourth-order valence-electron chi connectivity index (χ4n) is 2.03. The summed E-state index contributed by atoms with van der Waals surface area (Å²) < 4.78 is 1.65. The molecule has 2 aromatic heterocycles. The number of aryl methyl sites for hydroxylation is 1. The molecule has 0 saturated carbocycles. The number of aromatic nitrogens is 4. The van der Waals surface area contributed by atoms with E-state index in [2.05, 4.69) is 64.3 Å². The van der Waals surface area contributed by atoms with Gasteiger partial charge in [-0.3, -0.25) is 0 Å². The van der Waals surface area contributed by atoms with Crippen molar-refractivity contribution >= 4 is 17.0 Å². The number of anilines is 1. The maximum atomic E-state index is 3.92. The molecule has 0 bridgehead atoms. The fraction of sp³-hybridized carbons (Fsp3) is 0.214. The highest BCUT2D eigenvalue weighted by molar-refractivity contribution is 7.10. The molecule has 6 heteroatoms. The summed E-state index contributed by atoms with van der Waals surface area (Å²) in [5, 5.41) is 16.9. The van der Waals surface area contributed by atoms with Gasteiger partial charge in [-0.2, -0.15) is 0 Å². The molecule has 3 aromatic rings. The van der Waals surface area contributed by atoms with Crippen LogP contribution in [0.3, 0.4) is 0 Å². The van der Waals surface area contributed by atoms with Crippen molar-refractivity contribution in [2.45, 2.75) is 19.9 Å². The summed E-state index contributed by atoms with van der Waals surface area (Å²) in [6.45, 7) is 4.25. The Morgan fingerprint density at radius 2 is 2.20 bits per heavy atom. The average Bonchev–Trinajstić information content (AvgIpc) is 3.14. The zero-order valence-corrected chi connectivity index (χ0v) is 12.1. The van der Waals surface area contributed by atoms with Gasteiger partial charge in [0, 0.05) is 10.6 Å². The summed E-state index contributed by atoms with van der Waals surface area (Å²) in [6, 6.07) is 10.6. The van der Waals surface area contributed by atoms with Crippen LogP contribution in [0.2, 0.25) is 0 Å². The summed E-state index contributed by atoms with van der Waals surface area (Å²) in [6.07, 6.45) is 1.59. The molecule has 0 radical (unpaired) electrons. The molecule has 1 atom stereocenters. The number of hydrogen-bond acceptors (Lipinski definition) is 5. The Morgan fingerprint density at radius 3 is 2.90 bits per heavy atom. The minimum Gasteiger partial charge on any atom is -0.377 e. The number of thiophene rings is 1. The topological polar surface area (TPSA) is 55.6 Å². The van der Waals surface area contributed by atoms with Crippen molar-refractivity contribution < 1.29 is 0 Å². The third kappa shape index (κ3) is 2.55. The van der Waals surface area contributed by atoms with E-state index < -0.39 is 0 Å². The first-order valence-corrected chi connectivity index (χ1v) is 7.26. The van der Waals surface area contributed by atoms with Gasteiger partial charge in [-0.15, -0.1) is 16.4 Å². The number of tetrazole rings is 1. The molecule has 0 aliphatic carbocycles. The molecular formula is C14H15N5S. The molecule has 0 aliphatic heterocycles. The first-order valence-electron chi connectivity index (χ1n) is 6.38. The zero-order chi connectivity index (χ0) is 13.9. The molecule has 3 rings (SSSR count). The van der Waals surface area contributed by atoms with Crippen LogP contribution in [-0.2, 0) is 0 Å². The van der Waals surface area contributed by atoms with Crippen molar-refractivity contribution in [2.75, 3.05) is 5.32 Å². The van der Waals surface area contributed by atoms with E-state index in [4.69, 9.17) is 0 Å². The number of benzene rings is 1. The van der Waals surface area contributed by atoms with Crippen LogP contribution in [0.5, 0.6) is 0 Å². The Balaban J connectivity index is 1.87. The zero-order valence-electron chi connectivity index (χ0n) is 11.3. The Kier molecular flexibility index (Phi) is 3.47. The SMILES string of the molecule is Cc1ccc(-n2cnnn2)cc1NC(C)c1cccs1. The van der Waals surface area contributed by atoms with E-state index in [0.717, 1.165) is 11.4 Å². The van der Waals surface area contributed by atoms with E-state index in [1.807, 2.05) is 6.07 Å². The minimum atomic E-state index is 0.276. The smallest absolute Gasteiger partial charge is 0.143 e. The van der Waals surface area contributed by atoms with Gasteiger partial charge < -0.3 is 5.32 Å². The van der Waals surface area contributed by atoms with Crippen molar-refractivity contribution in [3.05, 3.63) is 52.5 Å². The van der Waals surface area contributed by atoms with Gasteiger partial charge >= 0.3 is 0 Å². The van der Waals surface area contributed by atoms with Crippen LogP contribution in [0.1, 0.15) is 23.4 Å². The van der Waals surface area contributed by atoms with Crippen LogP contribution in [0, 0.1) is 6.92 Å². The van der Waals surface area contributed by atoms with Crippen LogP contribution >= 0.6 is 11.3 Å². The van der Waals surface area contributed by atoms with E-state index in [1.54, 1.807) is 22.3 Å². The maximum Gasteiger partial charge on any atom is 0.143 e. The van der Waals surface area contributed by atoms with Gasteiger partial charge in [0.2, 0.25) is 0 Å². The maximum absolute atomic E-state index is 3.92. The Labute approximate surface area is 121 Å².